The standard InChI is InChI=1S/C16H20BrNO3/c1-4-18(11-16(20)21-5-2)15(19)9-8-13-7-6-12(3)10-14(13)17/h6-10H,4-5,11H2,1-3H3/b9-8+. The summed E-state index contributed by atoms with van der Waals surface area (Å²) in [5.74, 6) is -0.601. The number of halogens is 1. The lowest BCUT2D eigenvalue weighted by molar-refractivity contribution is -0.147. The van der Waals surface area contributed by atoms with Crippen LogP contribution in [-0.2, 0) is 14.3 Å². The van der Waals surface area contributed by atoms with Crippen LogP contribution in [0.2, 0.25) is 0 Å². The first-order valence-corrected chi connectivity index (χ1v) is 7.66. The van der Waals surface area contributed by atoms with Crippen molar-refractivity contribution in [3.05, 3.63) is 39.9 Å². The number of hydrogen-bond acceptors (Lipinski definition) is 3. The van der Waals surface area contributed by atoms with Crippen LogP contribution in [0.4, 0.5) is 0 Å². The molecule has 0 radical (unpaired) electrons. The van der Waals surface area contributed by atoms with Crippen molar-refractivity contribution in [2.24, 2.45) is 0 Å². The van der Waals surface area contributed by atoms with Crippen LogP contribution < -0.4 is 0 Å². The highest BCUT2D eigenvalue weighted by Gasteiger charge is 2.13. The lowest BCUT2D eigenvalue weighted by atomic mass is 10.1. The van der Waals surface area contributed by atoms with Crippen molar-refractivity contribution >= 4 is 33.9 Å². The van der Waals surface area contributed by atoms with Gasteiger partial charge in [0.15, 0.2) is 0 Å². The van der Waals surface area contributed by atoms with E-state index in [2.05, 4.69) is 15.9 Å². The number of carbonyl (C=O) groups is 2. The number of amides is 1. The minimum absolute atomic E-state index is 0.0252. The Hall–Kier alpha value is -1.62. The zero-order valence-corrected chi connectivity index (χ0v) is 14.1. The zero-order valence-electron chi connectivity index (χ0n) is 12.6. The lowest BCUT2D eigenvalue weighted by Crippen LogP contribution is -2.35. The minimum atomic E-state index is -0.391. The van der Waals surface area contributed by atoms with Crippen molar-refractivity contribution in [1.29, 1.82) is 0 Å². The van der Waals surface area contributed by atoms with Crippen LogP contribution in [0.15, 0.2) is 28.7 Å². The van der Waals surface area contributed by atoms with Gasteiger partial charge >= 0.3 is 5.97 Å². The fourth-order valence-corrected chi connectivity index (χ4v) is 2.37. The minimum Gasteiger partial charge on any atom is -0.465 e. The van der Waals surface area contributed by atoms with Gasteiger partial charge in [0.25, 0.3) is 0 Å². The van der Waals surface area contributed by atoms with Gasteiger partial charge in [-0.25, -0.2) is 0 Å². The maximum Gasteiger partial charge on any atom is 0.325 e. The summed E-state index contributed by atoms with van der Waals surface area (Å²) in [7, 11) is 0. The number of esters is 1. The molecule has 0 saturated carbocycles. The van der Waals surface area contributed by atoms with Crippen molar-refractivity contribution in [2.75, 3.05) is 19.7 Å². The second kappa shape index (κ2) is 8.62. The first-order valence-electron chi connectivity index (χ1n) is 6.86. The third kappa shape index (κ3) is 5.71. The molecule has 1 rings (SSSR count). The van der Waals surface area contributed by atoms with E-state index in [4.69, 9.17) is 4.74 Å². The number of ether oxygens (including phenoxy) is 1. The van der Waals surface area contributed by atoms with Crippen molar-refractivity contribution in [2.45, 2.75) is 20.8 Å². The Kier molecular flexibility index (Phi) is 7.15. The van der Waals surface area contributed by atoms with E-state index in [-0.39, 0.29) is 12.5 Å². The van der Waals surface area contributed by atoms with E-state index in [1.54, 1.807) is 13.0 Å². The number of hydrogen-bond donors (Lipinski definition) is 0. The molecule has 0 spiro atoms. The van der Waals surface area contributed by atoms with Gasteiger partial charge in [-0.1, -0.05) is 28.1 Å². The van der Waals surface area contributed by atoms with E-state index in [1.165, 1.54) is 11.0 Å². The first kappa shape index (κ1) is 17.4. The van der Waals surface area contributed by atoms with Gasteiger partial charge in [0.1, 0.15) is 6.54 Å². The fourth-order valence-electron chi connectivity index (χ4n) is 1.74. The number of aryl methyl sites for hydroxylation is 1. The van der Waals surface area contributed by atoms with Crippen LogP contribution in [0.3, 0.4) is 0 Å². The molecular weight excluding hydrogens is 334 g/mol. The number of carbonyl (C=O) groups excluding carboxylic acids is 2. The Morgan fingerprint density at radius 3 is 2.62 bits per heavy atom. The average molecular weight is 354 g/mol. The fraction of sp³-hybridized carbons (Fsp3) is 0.375. The SMILES string of the molecule is CCOC(=O)CN(CC)C(=O)/C=C/c1ccc(C)cc1Br. The smallest absolute Gasteiger partial charge is 0.325 e. The molecule has 0 aromatic heterocycles. The van der Waals surface area contributed by atoms with Gasteiger partial charge < -0.3 is 9.64 Å². The van der Waals surface area contributed by atoms with Crippen molar-refractivity contribution < 1.29 is 14.3 Å². The molecule has 4 nitrogen and oxygen atoms in total. The lowest BCUT2D eigenvalue weighted by Gasteiger charge is -2.17. The molecule has 0 aliphatic carbocycles. The van der Waals surface area contributed by atoms with Crippen molar-refractivity contribution in [3.63, 3.8) is 0 Å². The van der Waals surface area contributed by atoms with Gasteiger partial charge in [-0.2, -0.15) is 0 Å². The summed E-state index contributed by atoms with van der Waals surface area (Å²) in [6.45, 7) is 6.32. The molecule has 21 heavy (non-hydrogen) atoms. The van der Waals surface area contributed by atoms with E-state index in [1.807, 2.05) is 32.0 Å². The summed E-state index contributed by atoms with van der Waals surface area (Å²) in [5.41, 5.74) is 2.06. The molecule has 0 atom stereocenters. The second-order valence-electron chi connectivity index (χ2n) is 4.52. The number of nitrogens with zero attached hydrogens (tertiary/aromatic N) is 1. The Bertz CT molecular complexity index is 540. The first-order chi connectivity index (χ1) is 9.97. The molecule has 1 aromatic rings. The summed E-state index contributed by atoms with van der Waals surface area (Å²) in [5, 5.41) is 0. The summed E-state index contributed by atoms with van der Waals surface area (Å²) >= 11 is 3.46. The number of rotatable bonds is 6. The monoisotopic (exact) mass is 353 g/mol. The Balaban J connectivity index is 2.73. The molecular formula is C16H20BrNO3. The molecule has 0 aliphatic heterocycles. The molecule has 0 N–H and O–H groups in total. The molecule has 0 heterocycles. The topological polar surface area (TPSA) is 46.6 Å². The Morgan fingerprint density at radius 1 is 1.33 bits per heavy atom. The maximum absolute atomic E-state index is 12.1. The highest BCUT2D eigenvalue weighted by molar-refractivity contribution is 9.10. The van der Waals surface area contributed by atoms with Crippen LogP contribution in [0.1, 0.15) is 25.0 Å². The molecule has 0 bridgehead atoms. The Morgan fingerprint density at radius 2 is 2.05 bits per heavy atom. The maximum atomic E-state index is 12.1. The van der Waals surface area contributed by atoms with E-state index >= 15 is 0 Å². The van der Waals surface area contributed by atoms with E-state index < -0.39 is 5.97 Å². The third-order valence-electron chi connectivity index (χ3n) is 2.88. The van der Waals surface area contributed by atoms with Gasteiger partial charge in [0.2, 0.25) is 5.91 Å². The van der Waals surface area contributed by atoms with Gasteiger partial charge in [-0.15, -0.1) is 0 Å². The molecule has 0 aliphatic rings. The van der Waals surface area contributed by atoms with E-state index in [0.29, 0.717) is 13.2 Å². The average Bonchev–Trinajstić information content (AvgIpc) is 2.43. The summed E-state index contributed by atoms with van der Waals surface area (Å²) < 4.78 is 5.79. The predicted octanol–water partition coefficient (Wildman–Crippen LogP) is 3.18. The molecule has 0 unspecified atom stereocenters. The predicted molar refractivity (Wildman–Crippen MR) is 86.8 cm³/mol. The van der Waals surface area contributed by atoms with Gasteiger partial charge in [0.05, 0.1) is 6.61 Å². The quantitative estimate of drug-likeness (QED) is 0.582. The number of likely N-dealkylation sites (N-methyl/N-ethyl adjacent to an activating group) is 1. The van der Waals surface area contributed by atoms with Crippen LogP contribution in [0.25, 0.3) is 6.08 Å². The summed E-state index contributed by atoms with van der Waals surface area (Å²) in [4.78, 5) is 25.0. The van der Waals surface area contributed by atoms with Gasteiger partial charge in [-0.3, -0.25) is 9.59 Å². The van der Waals surface area contributed by atoms with Crippen LogP contribution in [0, 0.1) is 6.92 Å². The molecule has 114 valence electrons. The molecule has 1 aromatic carbocycles. The van der Waals surface area contributed by atoms with Crippen LogP contribution in [0.5, 0.6) is 0 Å². The third-order valence-corrected chi connectivity index (χ3v) is 3.57. The van der Waals surface area contributed by atoms with Crippen molar-refractivity contribution in [1.82, 2.24) is 4.90 Å². The Labute approximate surface area is 133 Å². The normalized spacial score (nSPS) is 10.7. The largest absolute Gasteiger partial charge is 0.465 e. The molecule has 5 heteroatoms. The molecule has 0 fully saturated rings. The summed E-state index contributed by atoms with van der Waals surface area (Å²) in [6.07, 6.45) is 3.21. The van der Waals surface area contributed by atoms with E-state index in [9.17, 15) is 9.59 Å². The summed E-state index contributed by atoms with van der Waals surface area (Å²) in [6, 6.07) is 5.90. The highest BCUT2D eigenvalue weighted by atomic mass is 79.9. The molecule has 0 saturated heterocycles. The van der Waals surface area contributed by atoms with Crippen LogP contribution in [-0.4, -0.2) is 36.5 Å². The van der Waals surface area contributed by atoms with Crippen LogP contribution >= 0.6 is 15.9 Å². The number of benzene rings is 1. The van der Waals surface area contributed by atoms with Crippen molar-refractivity contribution in [3.8, 4) is 0 Å². The zero-order chi connectivity index (χ0) is 15.8. The van der Waals surface area contributed by atoms with Gasteiger partial charge in [-0.05, 0) is 44.0 Å². The van der Waals surface area contributed by atoms with E-state index in [0.717, 1.165) is 15.6 Å². The molecule has 1 amide bonds. The highest BCUT2D eigenvalue weighted by Crippen LogP contribution is 2.19. The van der Waals surface area contributed by atoms with Gasteiger partial charge in [0, 0.05) is 17.1 Å². The second-order valence-corrected chi connectivity index (χ2v) is 5.37.